The molecule has 1 aliphatic rings. The number of para-hydroxylation sites is 1. The van der Waals surface area contributed by atoms with Crippen LogP contribution in [-0.4, -0.2) is 16.7 Å². The van der Waals surface area contributed by atoms with E-state index >= 15 is 0 Å². The SMILES string of the molecule is CCCCC(N)c1nc(C2CCOc3ccccc32)no1. The number of ether oxygens (including phenoxy) is 1. The van der Waals surface area contributed by atoms with Crippen molar-refractivity contribution in [1.29, 1.82) is 0 Å². The Kier molecular flexibility index (Phi) is 4.20. The first kappa shape index (κ1) is 14.1. The molecule has 2 atom stereocenters. The van der Waals surface area contributed by atoms with Gasteiger partial charge in [0.1, 0.15) is 5.75 Å². The number of nitrogens with zero attached hydrogens (tertiary/aromatic N) is 2. The minimum Gasteiger partial charge on any atom is -0.493 e. The Morgan fingerprint density at radius 1 is 1.38 bits per heavy atom. The molecule has 1 aromatic heterocycles. The van der Waals surface area contributed by atoms with E-state index < -0.39 is 0 Å². The predicted molar refractivity (Wildman–Crippen MR) is 79.1 cm³/mol. The van der Waals surface area contributed by atoms with Crippen molar-refractivity contribution >= 4 is 0 Å². The van der Waals surface area contributed by atoms with E-state index in [4.69, 9.17) is 15.0 Å². The molecule has 0 saturated carbocycles. The summed E-state index contributed by atoms with van der Waals surface area (Å²) in [4.78, 5) is 4.53. The molecule has 0 spiro atoms. The van der Waals surface area contributed by atoms with Crippen LogP contribution in [0.2, 0.25) is 0 Å². The van der Waals surface area contributed by atoms with E-state index in [-0.39, 0.29) is 12.0 Å². The smallest absolute Gasteiger partial charge is 0.243 e. The number of benzene rings is 1. The van der Waals surface area contributed by atoms with Gasteiger partial charge in [0.15, 0.2) is 5.82 Å². The highest BCUT2D eigenvalue weighted by Crippen LogP contribution is 2.36. The first-order valence-electron chi connectivity index (χ1n) is 7.60. The monoisotopic (exact) mass is 287 g/mol. The summed E-state index contributed by atoms with van der Waals surface area (Å²) in [5, 5.41) is 4.15. The Morgan fingerprint density at radius 3 is 3.10 bits per heavy atom. The van der Waals surface area contributed by atoms with E-state index in [9.17, 15) is 0 Å². The lowest BCUT2D eigenvalue weighted by Gasteiger charge is -2.23. The summed E-state index contributed by atoms with van der Waals surface area (Å²) in [5.74, 6) is 2.30. The minimum absolute atomic E-state index is 0.130. The van der Waals surface area contributed by atoms with Crippen molar-refractivity contribution in [3.8, 4) is 5.75 Å². The number of hydrogen-bond acceptors (Lipinski definition) is 5. The molecule has 2 unspecified atom stereocenters. The highest BCUT2D eigenvalue weighted by atomic mass is 16.5. The van der Waals surface area contributed by atoms with E-state index in [1.165, 1.54) is 0 Å². The van der Waals surface area contributed by atoms with Gasteiger partial charge in [-0.25, -0.2) is 0 Å². The average Bonchev–Trinajstić information content (AvgIpc) is 3.02. The highest BCUT2D eigenvalue weighted by Gasteiger charge is 2.27. The van der Waals surface area contributed by atoms with Gasteiger partial charge in [0, 0.05) is 5.56 Å². The molecular formula is C16H21N3O2. The van der Waals surface area contributed by atoms with E-state index in [0.717, 1.165) is 37.0 Å². The topological polar surface area (TPSA) is 74.2 Å². The van der Waals surface area contributed by atoms with Crippen LogP contribution in [-0.2, 0) is 0 Å². The summed E-state index contributed by atoms with van der Waals surface area (Å²) in [5.41, 5.74) is 7.22. The maximum Gasteiger partial charge on any atom is 0.243 e. The van der Waals surface area contributed by atoms with Gasteiger partial charge in [-0.05, 0) is 18.9 Å². The Hall–Kier alpha value is -1.88. The van der Waals surface area contributed by atoms with Gasteiger partial charge in [-0.3, -0.25) is 0 Å². The number of fused-ring (bicyclic) bond motifs is 1. The summed E-state index contributed by atoms with van der Waals surface area (Å²) >= 11 is 0. The fraction of sp³-hybridized carbons (Fsp3) is 0.500. The molecule has 0 saturated heterocycles. The first-order valence-corrected chi connectivity index (χ1v) is 7.60. The van der Waals surface area contributed by atoms with Crippen LogP contribution >= 0.6 is 0 Å². The van der Waals surface area contributed by atoms with E-state index in [1.807, 2.05) is 18.2 Å². The van der Waals surface area contributed by atoms with Gasteiger partial charge in [0.05, 0.1) is 18.6 Å². The summed E-state index contributed by atoms with van der Waals surface area (Å²) in [6.07, 6.45) is 3.92. The predicted octanol–water partition coefficient (Wildman–Crippen LogP) is 3.17. The molecule has 0 bridgehead atoms. The molecule has 0 amide bonds. The number of unbranched alkanes of at least 4 members (excludes halogenated alkanes) is 1. The normalized spacial score (nSPS) is 18.9. The molecule has 3 rings (SSSR count). The van der Waals surface area contributed by atoms with Gasteiger partial charge in [-0.1, -0.05) is 43.1 Å². The third-order valence-electron chi connectivity index (χ3n) is 3.91. The molecule has 0 fully saturated rings. The fourth-order valence-electron chi connectivity index (χ4n) is 2.70. The summed E-state index contributed by atoms with van der Waals surface area (Å²) in [6.45, 7) is 2.82. The zero-order valence-electron chi connectivity index (χ0n) is 12.3. The van der Waals surface area contributed by atoms with Gasteiger partial charge in [-0.15, -0.1) is 0 Å². The van der Waals surface area contributed by atoms with Gasteiger partial charge < -0.3 is 15.0 Å². The number of aromatic nitrogens is 2. The van der Waals surface area contributed by atoms with Crippen LogP contribution in [0.15, 0.2) is 28.8 Å². The fourth-order valence-corrected chi connectivity index (χ4v) is 2.70. The number of rotatable bonds is 5. The maximum atomic E-state index is 6.10. The van der Waals surface area contributed by atoms with E-state index in [0.29, 0.717) is 18.3 Å². The summed E-state index contributed by atoms with van der Waals surface area (Å²) in [6, 6.07) is 7.86. The summed E-state index contributed by atoms with van der Waals surface area (Å²) in [7, 11) is 0. The third kappa shape index (κ3) is 2.93. The standard InChI is InChI=1S/C16H21N3O2/c1-2-3-7-13(17)16-18-15(19-21-16)12-9-10-20-14-8-5-4-6-11(12)14/h4-6,8,12-13H,2-3,7,9-10,17H2,1H3. The van der Waals surface area contributed by atoms with Crippen molar-refractivity contribution in [1.82, 2.24) is 10.1 Å². The molecule has 0 aliphatic carbocycles. The lowest BCUT2D eigenvalue weighted by molar-refractivity contribution is 0.271. The maximum absolute atomic E-state index is 6.10. The number of hydrogen-bond donors (Lipinski definition) is 1. The molecule has 21 heavy (non-hydrogen) atoms. The molecule has 0 radical (unpaired) electrons. The van der Waals surface area contributed by atoms with Crippen LogP contribution in [0.4, 0.5) is 0 Å². The Balaban J connectivity index is 1.81. The van der Waals surface area contributed by atoms with Crippen LogP contribution in [0.1, 0.15) is 61.8 Å². The quantitative estimate of drug-likeness (QED) is 0.914. The van der Waals surface area contributed by atoms with Gasteiger partial charge in [-0.2, -0.15) is 4.98 Å². The number of nitrogens with two attached hydrogens (primary N) is 1. The van der Waals surface area contributed by atoms with Crippen LogP contribution < -0.4 is 10.5 Å². The molecule has 2 heterocycles. The van der Waals surface area contributed by atoms with Crippen LogP contribution in [0, 0.1) is 0 Å². The zero-order valence-corrected chi connectivity index (χ0v) is 12.3. The van der Waals surface area contributed by atoms with Crippen LogP contribution in [0.25, 0.3) is 0 Å². The second-order valence-corrected chi connectivity index (χ2v) is 5.47. The Bertz CT molecular complexity index is 597. The van der Waals surface area contributed by atoms with Gasteiger partial charge in [0.25, 0.3) is 0 Å². The van der Waals surface area contributed by atoms with Crippen molar-refractivity contribution in [3.63, 3.8) is 0 Å². The molecule has 2 aromatic rings. The molecular weight excluding hydrogens is 266 g/mol. The second kappa shape index (κ2) is 6.26. The highest BCUT2D eigenvalue weighted by molar-refractivity contribution is 5.40. The largest absolute Gasteiger partial charge is 0.493 e. The van der Waals surface area contributed by atoms with Crippen LogP contribution in [0.3, 0.4) is 0 Å². The average molecular weight is 287 g/mol. The molecule has 1 aromatic carbocycles. The minimum atomic E-state index is -0.165. The lowest BCUT2D eigenvalue weighted by atomic mass is 9.92. The first-order chi connectivity index (χ1) is 10.3. The molecule has 5 heteroatoms. The van der Waals surface area contributed by atoms with Crippen LogP contribution in [0.5, 0.6) is 5.75 Å². The van der Waals surface area contributed by atoms with Gasteiger partial charge >= 0.3 is 0 Å². The molecule has 2 N–H and O–H groups in total. The van der Waals surface area contributed by atoms with Gasteiger partial charge in [0.2, 0.25) is 5.89 Å². The van der Waals surface area contributed by atoms with E-state index in [1.54, 1.807) is 0 Å². The van der Waals surface area contributed by atoms with Crippen molar-refractivity contribution in [2.75, 3.05) is 6.61 Å². The Labute approximate surface area is 124 Å². The summed E-state index contributed by atoms with van der Waals surface area (Å²) < 4.78 is 11.0. The van der Waals surface area contributed by atoms with Crippen molar-refractivity contribution in [3.05, 3.63) is 41.5 Å². The Morgan fingerprint density at radius 2 is 2.24 bits per heavy atom. The van der Waals surface area contributed by atoms with Crippen molar-refractivity contribution in [2.45, 2.75) is 44.6 Å². The molecule has 5 nitrogen and oxygen atoms in total. The van der Waals surface area contributed by atoms with Crippen molar-refractivity contribution in [2.24, 2.45) is 5.73 Å². The second-order valence-electron chi connectivity index (χ2n) is 5.47. The molecule has 1 aliphatic heterocycles. The molecule has 112 valence electrons. The van der Waals surface area contributed by atoms with E-state index in [2.05, 4.69) is 23.1 Å². The van der Waals surface area contributed by atoms with Crippen molar-refractivity contribution < 1.29 is 9.26 Å². The third-order valence-corrected chi connectivity index (χ3v) is 3.91. The lowest BCUT2D eigenvalue weighted by Crippen LogP contribution is -2.16. The zero-order chi connectivity index (χ0) is 14.7.